The van der Waals surface area contributed by atoms with Gasteiger partial charge in [0.1, 0.15) is 5.75 Å². The van der Waals surface area contributed by atoms with Gasteiger partial charge in [-0.25, -0.2) is 0 Å². The number of carbonyl (C=O) groups is 2. The molecule has 0 radical (unpaired) electrons. The van der Waals surface area contributed by atoms with Crippen LogP contribution >= 0.6 is 0 Å². The van der Waals surface area contributed by atoms with Gasteiger partial charge in [-0.05, 0) is 74.8 Å². The van der Waals surface area contributed by atoms with Crippen molar-refractivity contribution in [3.63, 3.8) is 0 Å². The van der Waals surface area contributed by atoms with E-state index >= 15 is 0 Å². The quantitative estimate of drug-likeness (QED) is 0.607. The summed E-state index contributed by atoms with van der Waals surface area (Å²) in [5, 5.41) is 0. The van der Waals surface area contributed by atoms with Crippen molar-refractivity contribution in [2.75, 3.05) is 6.61 Å². The Morgan fingerprint density at radius 3 is 2.19 bits per heavy atom. The van der Waals surface area contributed by atoms with Gasteiger partial charge in [0.2, 0.25) is 11.8 Å². The molecule has 0 spiro atoms. The third kappa shape index (κ3) is 3.71. The topological polar surface area (TPSA) is 67.4 Å². The van der Waals surface area contributed by atoms with Gasteiger partial charge in [-0.3, -0.25) is 20.4 Å². The van der Waals surface area contributed by atoms with Gasteiger partial charge in [0.15, 0.2) is 0 Å². The largest absolute Gasteiger partial charge is 0.494 e. The summed E-state index contributed by atoms with van der Waals surface area (Å²) in [6.07, 6.45) is 7.89. The van der Waals surface area contributed by atoms with E-state index in [2.05, 4.69) is 10.9 Å². The first-order valence-electron chi connectivity index (χ1n) is 9.90. The highest BCUT2D eigenvalue weighted by molar-refractivity contribution is 5.86. The van der Waals surface area contributed by atoms with Crippen LogP contribution in [0, 0.1) is 23.2 Å². The highest BCUT2D eigenvalue weighted by atomic mass is 16.5. The van der Waals surface area contributed by atoms with Crippen molar-refractivity contribution in [2.24, 2.45) is 23.2 Å². The Balaban J connectivity index is 1.18. The first-order chi connectivity index (χ1) is 12.6. The van der Waals surface area contributed by atoms with E-state index in [0.717, 1.165) is 42.8 Å². The molecular weight excluding hydrogens is 328 g/mol. The van der Waals surface area contributed by atoms with Crippen LogP contribution in [0.15, 0.2) is 30.3 Å². The predicted octanol–water partition coefficient (Wildman–Crippen LogP) is 3.21. The van der Waals surface area contributed by atoms with Gasteiger partial charge in [0, 0.05) is 6.42 Å². The van der Waals surface area contributed by atoms with E-state index in [-0.39, 0.29) is 17.2 Å². The molecule has 5 rings (SSSR count). The Morgan fingerprint density at radius 2 is 1.58 bits per heavy atom. The Hall–Kier alpha value is -2.04. The predicted molar refractivity (Wildman–Crippen MR) is 98.1 cm³/mol. The Bertz CT molecular complexity index is 623. The Kier molecular flexibility index (Phi) is 4.88. The number of nitrogens with one attached hydrogen (secondary N) is 2. The monoisotopic (exact) mass is 356 g/mol. The molecule has 2 amide bonds. The van der Waals surface area contributed by atoms with Gasteiger partial charge in [-0.2, -0.15) is 0 Å². The van der Waals surface area contributed by atoms with Crippen molar-refractivity contribution in [1.82, 2.24) is 10.9 Å². The molecule has 1 aromatic carbocycles. The second-order valence-corrected chi connectivity index (χ2v) is 8.47. The SMILES string of the molecule is O=C(CCCOc1ccccc1)NNC(=O)C12CC3CC(CC(C3)C1)C2. The molecular formula is C21H28N2O3. The number of carbonyl (C=O) groups excluding carboxylic acids is 2. The fourth-order valence-corrected chi connectivity index (χ4v) is 5.65. The minimum absolute atomic E-state index is 0.0329. The lowest BCUT2D eigenvalue weighted by Crippen LogP contribution is -2.56. The van der Waals surface area contributed by atoms with Crippen molar-refractivity contribution in [3.8, 4) is 5.75 Å². The van der Waals surface area contributed by atoms with Crippen LogP contribution in [0.1, 0.15) is 51.4 Å². The van der Waals surface area contributed by atoms with Gasteiger partial charge in [0.25, 0.3) is 0 Å². The summed E-state index contributed by atoms with van der Waals surface area (Å²) in [5.74, 6) is 2.85. The second kappa shape index (κ2) is 7.29. The maximum atomic E-state index is 12.8. The summed E-state index contributed by atoms with van der Waals surface area (Å²) >= 11 is 0. The van der Waals surface area contributed by atoms with Crippen LogP contribution < -0.4 is 15.6 Å². The van der Waals surface area contributed by atoms with Gasteiger partial charge < -0.3 is 4.74 Å². The fourth-order valence-electron chi connectivity index (χ4n) is 5.65. The first-order valence-corrected chi connectivity index (χ1v) is 9.90. The number of para-hydroxylation sites is 1. The van der Waals surface area contributed by atoms with Crippen LogP contribution in [-0.2, 0) is 9.59 Å². The van der Waals surface area contributed by atoms with Crippen LogP contribution in [0.25, 0.3) is 0 Å². The summed E-state index contributed by atoms with van der Waals surface area (Å²) in [6.45, 7) is 0.486. The number of hydrazine groups is 1. The van der Waals surface area contributed by atoms with Crippen molar-refractivity contribution in [1.29, 1.82) is 0 Å². The molecule has 26 heavy (non-hydrogen) atoms. The van der Waals surface area contributed by atoms with Gasteiger partial charge >= 0.3 is 0 Å². The van der Waals surface area contributed by atoms with Crippen LogP contribution in [0.5, 0.6) is 5.75 Å². The van der Waals surface area contributed by atoms with E-state index in [1.54, 1.807) is 0 Å². The number of benzene rings is 1. The zero-order valence-electron chi connectivity index (χ0n) is 15.2. The lowest BCUT2D eigenvalue weighted by atomic mass is 9.49. The number of hydrogen-bond acceptors (Lipinski definition) is 3. The molecule has 5 heteroatoms. The molecule has 4 aliphatic rings. The Labute approximate surface area is 154 Å². The number of rotatable bonds is 6. The molecule has 4 saturated carbocycles. The average Bonchev–Trinajstić information content (AvgIpc) is 2.63. The van der Waals surface area contributed by atoms with Crippen LogP contribution in [-0.4, -0.2) is 18.4 Å². The molecule has 2 N–H and O–H groups in total. The van der Waals surface area contributed by atoms with Crippen molar-refractivity contribution in [3.05, 3.63) is 30.3 Å². The van der Waals surface area contributed by atoms with E-state index < -0.39 is 0 Å². The number of amides is 2. The summed E-state index contributed by atoms with van der Waals surface area (Å²) in [5.41, 5.74) is 5.11. The number of hydrogen-bond donors (Lipinski definition) is 2. The summed E-state index contributed by atoms with van der Waals surface area (Å²) in [6, 6.07) is 9.56. The molecule has 0 atom stereocenters. The van der Waals surface area contributed by atoms with E-state index in [9.17, 15) is 9.59 Å². The smallest absolute Gasteiger partial charge is 0.244 e. The molecule has 4 bridgehead atoms. The standard InChI is InChI=1S/C21H28N2O3/c24-19(7-4-8-26-18-5-2-1-3-6-18)22-23-20(25)21-12-15-9-16(13-21)11-17(10-15)14-21/h1-3,5-6,15-17H,4,7-14H2,(H,22,24)(H,23,25). The summed E-state index contributed by atoms with van der Waals surface area (Å²) in [7, 11) is 0. The van der Waals surface area contributed by atoms with Crippen LogP contribution in [0.3, 0.4) is 0 Å². The minimum atomic E-state index is -0.224. The molecule has 0 saturated heterocycles. The van der Waals surface area contributed by atoms with E-state index in [4.69, 9.17) is 4.74 Å². The van der Waals surface area contributed by atoms with Gasteiger partial charge in [-0.1, -0.05) is 18.2 Å². The molecule has 4 fully saturated rings. The molecule has 0 aromatic heterocycles. The third-order valence-electron chi connectivity index (χ3n) is 6.40. The molecule has 0 unspecified atom stereocenters. The number of ether oxygens (including phenoxy) is 1. The molecule has 5 nitrogen and oxygen atoms in total. The lowest BCUT2D eigenvalue weighted by molar-refractivity contribution is -0.148. The van der Waals surface area contributed by atoms with Gasteiger partial charge in [0.05, 0.1) is 12.0 Å². The molecule has 4 aliphatic carbocycles. The van der Waals surface area contributed by atoms with Crippen molar-refractivity contribution < 1.29 is 14.3 Å². The first kappa shape index (κ1) is 17.4. The normalized spacial score (nSPS) is 31.5. The zero-order valence-corrected chi connectivity index (χ0v) is 15.2. The summed E-state index contributed by atoms with van der Waals surface area (Å²) in [4.78, 5) is 24.8. The maximum absolute atomic E-state index is 12.8. The summed E-state index contributed by atoms with van der Waals surface area (Å²) < 4.78 is 5.58. The fraction of sp³-hybridized carbons (Fsp3) is 0.619. The van der Waals surface area contributed by atoms with Crippen LogP contribution in [0.4, 0.5) is 0 Å². The van der Waals surface area contributed by atoms with Crippen LogP contribution in [0.2, 0.25) is 0 Å². The highest BCUT2D eigenvalue weighted by Crippen LogP contribution is 2.59. The second-order valence-electron chi connectivity index (χ2n) is 8.47. The van der Waals surface area contributed by atoms with Crippen molar-refractivity contribution >= 4 is 11.8 Å². The third-order valence-corrected chi connectivity index (χ3v) is 6.40. The maximum Gasteiger partial charge on any atom is 0.244 e. The highest BCUT2D eigenvalue weighted by Gasteiger charge is 2.54. The van der Waals surface area contributed by atoms with E-state index in [1.807, 2.05) is 30.3 Å². The molecule has 0 heterocycles. The van der Waals surface area contributed by atoms with E-state index in [1.165, 1.54) is 19.3 Å². The van der Waals surface area contributed by atoms with Crippen molar-refractivity contribution in [2.45, 2.75) is 51.4 Å². The average molecular weight is 356 g/mol. The van der Waals surface area contributed by atoms with E-state index in [0.29, 0.717) is 19.4 Å². The lowest BCUT2D eigenvalue weighted by Gasteiger charge is -2.55. The molecule has 0 aliphatic heterocycles. The molecule has 140 valence electrons. The minimum Gasteiger partial charge on any atom is -0.494 e. The molecule has 1 aromatic rings. The van der Waals surface area contributed by atoms with Gasteiger partial charge in [-0.15, -0.1) is 0 Å². The Morgan fingerprint density at radius 1 is 0.962 bits per heavy atom. The zero-order chi connectivity index (χ0) is 18.0.